The van der Waals surface area contributed by atoms with Crippen LogP contribution in [0.1, 0.15) is 30.0 Å². The fourth-order valence-electron chi connectivity index (χ4n) is 3.34. The number of methoxy groups -OCH3 is 2. The summed E-state index contributed by atoms with van der Waals surface area (Å²) in [6.07, 6.45) is 1.16. The number of nitriles is 1. The van der Waals surface area contributed by atoms with Crippen LogP contribution in [-0.4, -0.2) is 44.3 Å². The lowest BCUT2D eigenvalue weighted by atomic mass is 9.90. The molecule has 0 N–H and O–H groups in total. The zero-order valence-corrected chi connectivity index (χ0v) is 16.1. The van der Waals surface area contributed by atoms with Crippen molar-refractivity contribution in [3.63, 3.8) is 0 Å². The summed E-state index contributed by atoms with van der Waals surface area (Å²) in [6, 6.07) is 16.4. The van der Waals surface area contributed by atoms with Crippen molar-refractivity contribution < 1.29 is 19.0 Å². The van der Waals surface area contributed by atoms with E-state index in [0.717, 1.165) is 24.2 Å². The summed E-state index contributed by atoms with van der Waals surface area (Å²) in [7, 11) is 3.30. The molecule has 2 atom stereocenters. The van der Waals surface area contributed by atoms with Crippen LogP contribution in [0.25, 0.3) is 0 Å². The fourth-order valence-corrected chi connectivity index (χ4v) is 3.34. The number of benzene rings is 2. The van der Waals surface area contributed by atoms with Gasteiger partial charge in [0, 0.05) is 20.3 Å². The first-order chi connectivity index (χ1) is 13.7. The second-order valence-electron chi connectivity index (χ2n) is 6.63. The molecule has 2 aromatic carbocycles. The van der Waals surface area contributed by atoms with Crippen molar-refractivity contribution in [3.8, 4) is 17.6 Å². The van der Waals surface area contributed by atoms with E-state index in [1.807, 2.05) is 29.2 Å². The third-order valence-electron chi connectivity index (χ3n) is 4.83. The number of hydrogen-bond donors (Lipinski definition) is 0. The van der Waals surface area contributed by atoms with Crippen LogP contribution in [0.5, 0.6) is 11.5 Å². The number of rotatable bonds is 9. The SMILES string of the molecule is COCCCCN1C(=O)[C@@H](Oc2ccc(C#N)cc2)[C@@H]1c1cccc(OC)c1. The Kier molecular flexibility index (Phi) is 6.51. The molecule has 6 nitrogen and oxygen atoms in total. The Balaban J connectivity index is 1.78. The maximum atomic E-state index is 12.8. The number of nitrogens with zero attached hydrogens (tertiary/aromatic N) is 2. The van der Waals surface area contributed by atoms with Gasteiger partial charge in [0.1, 0.15) is 17.5 Å². The van der Waals surface area contributed by atoms with Gasteiger partial charge in [-0.05, 0) is 54.8 Å². The van der Waals surface area contributed by atoms with E-state index in [-0.39, 0.29) is 11.9 Å². The normalized spacial score (nSPS) is 18.3. The largest absolute Gasteiger partial charge is 0.497 e. The van der Waals surface area contributed by atoms with Crippen molar-refractivity contribution in [3.05, 3.63) is 59.7 Å². The maximum absolute atomic E-state index is 12.8. The molecule has 1 amide bonds. The number of β-lactam (4-membered cyclic amide) rings is 1. The zero-order chi connectivity index (χ0) is 19.9. The molecule has 1 heterocycles. The smallest absolute Gasteiger partial charge is 0.266 e. The van der Waals surface area contributed by atoms with Crippen LogP contribution >= 0.6 is 0 Å². The molecule has 6 heteroatoms. The van der Waals surface area contributed by atoms with Crippen LogP contribution in [0.4, 0.5) is 0 Å². The Bertz CT molecular complexity index is 844. The van der Waals surface area contributed by atoms with Crippen LogP contribution in [0.2, 0.25) is 0 Å². The van der Waals surface area contributed by atoms with E-state index < -0.39 is 6.10 Å². The lowest BCUT2D eigenvalue weighted by molar-refractivity contribution is -0.164. The molecular weight excluding hydrogens is 356 g/mol. The van der Waals surface area contributed by atoms with Crippen molar-refractivity contribution in [2.75, 3.05) is 27.4 Å². The van der Waals surface area contributed by atoms with Gasteiger partial charge >= 0.3 is 0 Å². The first kappa shape index (κ1) is 19.7. The molecule has 28 heavy (non-hydrogen) atoms. The van der Waals surface area contributed by atoms with Gasteiger partial charge in [0.15, 0.2) is 0 Å². The summed E-state index contributed by atoms with van der Waals surface area (Å²) in [4.78, 5) is 14.6. The molecule has 0 unspecified atom stereocenters. The van der Waals surface area contributed by atoms with Crippen LogP contribution in [-0.2, 0) is 9.53 Å². The number of carbonyl (C=O) groups is 1. The minimum Gasteiger partial charge on any atom is -0.497 e. The molecule has 1 aliphatic rings. The summed E-state index contributed by atoms with van der Waals surface area (Å²) < 4.78 is 16.4. The Labute approximate surface area is 165 Å². The number of hydrogen-bond acceptors (Lipinski definition) is 5. The van der Waals surface area contributed by atoms with Gasteiger partial charge in [-0.1, -0.05) is 12.1 Å². The van der Waals surface area contributed by atoms with Gasteiger partial charge in [0.2, 0.25) is 6.10 Å². The highest BCUT2D eigenvalue weighted by Gasteiger charge is 2.49. The highest BCUT2D eigenvalue weighted by molar-refractivity contribution is 5.89. The van der Waals surface area contributed by atoms with Gasteiger partial charge in [-0.15, -0.1) is 0 Å². The van der Waals surface area contributed by atoms with E-state index in [9.17, 15) is 4.79 Å². The van der Waals surface area contributed by atoms with Crippen LogP contribution < -0.4 is 9.47 Å². The first-order valence-corrected chi connectivity index (χ1v) is 9.28. The monoisotopic (exact) mass is 380 g/mol. The second-order valence-corrected chi connectivity index (χ2v) is 6.63. The molecule has 2 aromatic rings. The summed E-state index contributed by atoms with van der Waals surface area (Å²) in [5.74, 6) is 1.28. The fraction of sp³-hybridized carbons (Fsp3) is 0.364. The minimum absolute atomic E-state index is 0.0328. The standard InChI is InChI=1S/C22H24N2O4/c1-26-13-4-3-12-24-20(17-6-5-7-19(14-17)27-2)21(22(24)25)28-18-10-8-16(15-23)9-11-18/h5-11,14,20-21H,3-4,12-13H2,1-2H3/t20-,21-/m0/s1. The van der Waals surface area contributed by atoms with Gasteiger partial charge in [0.25, 0.3) is 5.91 Å². The van der Waals surface area contributed by atoms with E-state index in [2.05, 4.69) is 6.07 Å². The quantitative estimate of drug-likeness (QED) is 0.493. The number of amides is 1. The van der Waals surface area contributed by atoms with Crippen molar-refractivity contribution in [1.29, 1.82) is 5.26 Å². The summed E-state index contributed by atoms with van der Waals surface area (Å²) in [5, 5.41) is 8.93. The van der Waals surface area contributed by atoms with Crippen molar-refractivity contribution >= 4 is 5.91 Å². The summed E-state index contributed by atoms with van der Waals surface area (Å²) in [6.45, 7) is 1.33. The Morgan fingerprint density at radius 1 is 1.07 bits per heavy atom. The van der Waals surface area contributed by atoms with Gasteiger partial charge in [-0.25, -0.2) is 0 Å². The van der Waals surface area contributed by atoms with E-state index in [1.54, 1.807) is 38.5 Å². The predicted molar refractivity (Wildman–Crippen MR) is 104 cm³/mol. The highest BCUT2D eigenvalue weighted by atomic mass is 16.5. The third-order valence-corrected chi connectivity index (χ3v) is 4.83. The number of carbonyl (C=O) groups excluding carboxylic acids is 1. The molecule has 1 fully saturated rings. The van der Waals surface area contributed by atoms with Crippen molar-refractivity contribution in [1.82, 2.24) is 4.90 Å². The van der Waals surface area contributed by atoms with Crippen LogP contribution in [0, 0.1) is 11.3 Å². The molecule has 3 rings (SSSR count). The van der Waals surface area contributed by atoms with Crippen LogP contribution in [0.15, 0.2) is 48.5 Å². The van der Waals surface area contributed by atoms with Crippen LogP contribution in [0.3, 0.4) is 0 Å². The minimum atomic E-state index is -0.595. The Hall–Kier alpha value is -3.04. The van der Waals surface area contributed by atoms with E-state index in [4.69, 9.17) is 19.5 Å². The van der Waals surface area contributed by atoms with E-state index in [0.29, 0.717) is 24.5 Å². The average Bonchev–Trinajstić information content (AvgIpc) is 2.74. The molecule has 146 valence electrons. The lowest BCUT2D eigenvalue weighted by Gasteiger charge is -2.47. The summed E-state index contributed by atoms with van der Waals surface area (Å²) >= 11 is 0. The molecule has 1 saturated heterocycles. The topological polar surface area (TPSA) is 71.8 Å². The van der Waals surface area contributed by atoms with E-state index >= 15 is 0 Å². The van der Waals surface area contributed by atoms with Gasteiger partial charge in [-0.3, -0.25) is 4.79 Å². The molecular formula is C22H24N2O4. The van der Waals surface area contributed by atoms with Gasteiger partial charge in [-0.2, -0.15) is 5.26 Å². The lowest BCUT2D eigenvalue weighted by Crippen LogP contribution is -2.61. The first-order valence-electron chi connectivity index (χ1n) is 9.28. The highest BCUT2D eigenvalue weighted by Crippen LogP contribution is 2.39. The van der Waals surface area contributed by atoms with Gasteiger partial charge in [0.05, 0.1) is 18.7 Å². The summed E-state index contributed by atoms with van der Waals surface area (Å²) in [5.41, 5.74) is 1.53. The van der Waals surface area contributed by atoms with E-state index in [1.165, 1.54) is 0 Å². The van der Waals surface area contributed by atoms with Gasteiger partial charge < -0.3 is 19.1 Å². The Morgan fingerprint density at radius 2 is 1.86 bits per heavy atom. The van der Waals surface area contributed by atoms with Crippen molar-refractivity contribution in [2.24, 2.45) is 0 Å². The number of ether oxygens (including phenoxy) is 3. The molecule has 0 aromatic heterocycles. The third kappa shape index (κ3) is 4.26. The zero-order valence-electron chi connectivity index (χ0n) is 16.1. The molecule has 0 spiro atoms. The number of likely N-dealkylation sites (tertiary alicyclic amines) is 1. The molecule has 0 radical (unpaired) electrons. The molecule has 0 bridgehead atoms. The predicted octanol–water partition coefficient (Wildman–Crippen LogP) is 3.32. The average molecular weight is 380 g/mol. The van der Waals surface area contributed by atoms with Crippen molar-refractivity contribution in [2.45, 2.75) is 25.0 Å². The second kappa shape index (κ2) is 9.25. The maximum Gasteiger partial charge on any atom is 0.266 e. The number of unbranched alkanes of at least 4 members (excludes halogenated alkanes) is 1. The Morgan fingerprint density at radius 3 is 2.54 bits per heavy atom. The molecule has 0 saturated carbocycles. The molecule has 0 aliphatic carbocycles. The molecule has 1 aliphatic heterocycles.